The van der Waals surface area contributed by atoms with E-state index in [0.717, 1.165) is 19.5 Å². The normalized spacial score (nSPS) is 11.3. The minimum absolute atomic E-state index is 0.422. The first-order chi connectivity index (χ1) is 12.0. The summed E-state index contributed by atoms with van der Waals surface area (Å²) in [6, 6.07) is 10.4. The molecule has 6 heteroatoms. The van der Waals surface area contributed by atoms with Crippen LogP contribution in [0.25, 0.3) is 0 Å². The lowest BCUT2D eigenvalue weighted by Gasteiger charge is -2.19. The van der Waals surface area contributed by atoms with E-state index in [1.807, 2.05) is 26.8 Å². The van der Waals surface area contributed by atoms with E-state index in [-0.39, 0.29) is 0 Å². The first kappa shape index (κ1) is 21.4. The zero-order chi connectivity index (χ0) is 18.4. The number of ether oxygens (including phenoxy) is 3. The van der Waals surface area contributed by atoms with Gasteiger partial charge in [-0.05, 0) is 39.3 Å². The molecule has 1 aromatic rings. The molecule has 0 heterocycles. The fourth-order valence-corrected chi connectivity index (χ4v) is 2.01. The van der Waals surface area contributed by atoms with Crippen LogP contribution in [0.3, 0.4) is 0 Å². The van der Waals surface area contributed by atoms with E-state index in [4.69, 9.17) is 14.2 Å². The Morgan fingerprint density at radius 3 is 2.20 bits per heavy atom. The molecule has 2 N–H and O–H groups in total. The Morgan fingerprint density at radius 2 is 1.56 bits per heavy atom. The average Bonchev–Trinajstić information content (AvgIpc) is 2.55. The predicted molar refractivity (Wildman–Crippen MR) is 98.9 cm³/mol. The lowest BCUT2D eigenvalue weighted by molar-refractivity contribution is 0.0403. The van der Waals surface area contributed by atoms with Crippen molar-refractivity contribution in [2.75, 3.05) is 46.1 Å². The summed E-state index contributed by atoms with van der Waals surface area (Å²) in [5.74, 6) is 0. The Labute approximate surface area is 151 Å². The number of hydrogen-bond acceptors (Lipinski definition) is 5. The van der Waals surface area contributed by atoms with Crippen LogP contribution >= 0.6 is 0 Å². The van der Waals surface area contributed by atoms with Gasteiger partial charge in [-0.2, -0.15) is 0 Å². The van der Waals surface area contributed by atoms with E-state index >= 15 is 0 Å². The van der Waals surface area contributed by atoms with Crippen LogP contribution < -0.4 is 10.6 Å². The standard InChI is InChI=1S/C19H32N2O4/c1-19(2,3)25-18(22)21-12-14-24-16-15-23-13-11-20-10-9-17-7-5-4-6-8-17/h4-8,20H,9-16H2,1-3H3,(H,21,22). The maximum absolute atomic E-state index is 11.4. The molecule has 0 aliphatic carbocycles. The summed E-state index contributed by atoms with van der Waals surface area (Å²) >= 11 is 0. The van der Waals surface area contributed by atoms with Gasteiger partial charge in [0.25, 0.3) is 0 Å². The number of rotatable bonds is 12. The van der Waals surface area contributed by atoms with Crippen LogP contribution in [0.1, 0.15) is 26.3 Å². The SMILES string of the molecule is CC(C)(C)OC(=O)NCCOCCOCCNCCc1ccccc1. The summed E-state index contributed by atoms with van der Waals surface area (Å²) < 4.78 is 16.0. The lowest BCUT2D eigenvalue weighted by atomic mass is 10.1. The average molecular weight is 352 g/mol. The lowest BCUT2D eigenvalue weighted by Crippen LogP contribution is -2.34. The number of carbonyl (C=O) groups excluding carboxylic acids is 1. The van der Waals surface area contributed by atoms with Gasteiger partial charge >= 0.3 is 6.09 Å². The van der Waals surface area contributed by atoms with E-state index in [2.05, 4.69) is 34.9 Å². The third-order valence-corrected chi connectivity index (χ3v) is 3.14. The molecule has 1 rings (SSSR count). The second kappa shape index (κ2) is 12.7. The van der Waals surface area contributed by atoms with Gasteiger partial charge in [-0.3, -0.25) is 0 Å². The van der Waals surface area contributed by atoms with Gasteiger partial charge in [-0.25, -0.2) is 4.79 Å². The third-order valence-electron chi connectivity index (χ3n) is 3.14. The molecular formula is C19H32N2O4. The molecule has 0 fully saturated rings. The number of hydrogen-bond donors (Lipinski definition) is 2. The summed E-state index contributed by atoms with van der Waals surface area (Å²) in [6.07, 6.45) is 0.600. The van der Waals surface area contributed by atoms with Crippen LogP contribution in [0.2, 0.25) is 0 Å². The molecule has 25 heavy (non-hydrogen) atoms. The Bertz CT molecular complexity index is 460. The molecule has 0 radical (unpaired) electrons. The summed E-state index contributed by atoms with van der Waals surface area (Å²) in [4.78, 5) is 11.4. The van der Waals surface area contributed by atoms with Crippen LogP contribution in [-0.4, -0.2) is 57.8 Å². The third kappa shape index (κ3) is 13.3. The maximum Gasteiger partial charge on any atom is 0.407 e. The monoisotopic (exact) mass is 352 g/mol. The summed E-state index contributed by atoms with van der Waals surface area (Å²) in [7, 11) is 0. The molecule has 1 amide bonds. The molecule has 0 spiro atoms. The number of alkyl carbamates (subject to hydrolysis) is 1. The summed E-state index contributed by atoms with van der Waals surface area (Å²) in [5.41, 5.74) is 0.859. The van der Waals surface area contributed by atoms with Gasteiger partial charge in [0.2, 0.25) is 0 Å². The van der Waals surface area contributed by atoms with Crippen molar-refractivity contribution in [2.24, 2.45) is 0 Å². The van der Waals surface area contributed by atoms with E-state index in [1.165, 1.54) is 5.56 Å². The van der Waals surface area contributed by atoms with Crippen molar-refractivity contribution in [2.45, 2.75) is 32.8 Å². The Hall–Kier alpha value is -1.63. The molecule has 0 aromatic heterocycles. The second-order valence-electron chi connectivity index (χ2n) is 6.64. The predicted octanol–water partition coefficient (Wildman–Crippen LogP) is 2.38. The van der Waals surface area contributed by atoms with Crippen LogP contribution in [0, 0.1) is 0 Å². The molecule has 0 aliphatic rings. The quantitative estimate of drug-likeness (QED) is 0.565. The molecule has 0 bridgehead atoms. The van der Waals surface area contributed by atoms with E-state index in [9.17, 15) is 4.79 Å². The zero-order valence-corrected chi connectivity index (χ0v) is 15.7. The van der Waals surface area contributed by atoms with Crippen molar-refractivity contribution in [3.8, 4) is 0 Å². The van der Waals surface area contributed by atoms with Gasteiger partial charge in [0.15, 0.2) is 0 Å². The maximum atomic E-state index is 11.4. The molecule has 0 unspecified atom stereocenters. The van der Waals surface area contributed by atoms with Crippen molar-refractivity contribution < 1.29 is 19.0 Å². The van der Waals surface area contributed by atoms with Gasteiger partial charge in [0.05, 0.1) is 26.4 Å². The highest BCUT2D eigenvalue weighted by Crippen LogP contribution is 2.06. The number of benzene rings is 1. The molecule has 6 nitrogen and oxygen atoms in total. The van der Waals surface area contributed by atoms with Crippen molar-refractivity contribution in [3.63, 3.8) is 0 Å². The molecule has 0 saturated heterocycles. The molecule has 0 saturated carbocycles. The van der Waals surface area contributed by atoms with E-state index in [0.29, 0.717) is 33.0 Å². The van der Waals surface area contributed by atoms with Crippen LogP contribution in [0.4, 0.5) is 4.79 Å². The number of amides is 1. The van der Waals surface area contributed by atoms with E-state index < -0.39 is 11.7 Å². The Kier molecular flexibility index (Phi) is 10.9. The summed E-state index contributed by atoms with van der Waals surface area (Å²) in [5, 5.41) is 5.99. The molecule has 0 aliphatic heterocycles. The zero-order valence-electron chi connectivity index (χ0n) is 15.7. The van der Waals surface area contributed by atoms with Crippen LogP contribution in [-0.2, 0) is 20.6 Å². The van der Waals surface area contributed by atoms with Gasteiger partial charge in [-0.1, -0.05) is 30.3 Å². The smallest absolute Gasteiger partial charge is 0.407 e. The number of carbonyl (C=O) groups is 1. The molecule has 0 atom stereocenters. The largest absolute Gasteiger partial charge is 0.444 e. The van der Waals surface area contributed by atoms with E-state index in [1.54, 1.807) is 0 Å². The van der Waals surface area contributed by atoms with Crippen molar-refractivity contribution in [3.05, 3.63) is 35.9 Å². The summed E-state index contributed by atoms with van der Waals surface area (Å²) in [6.45, 7) is 9.85. The Balaban J connectivity index is 1.81. The first-order valence-corrected chi connectivity index (χ1v) is 8.84. The fourth-order valence-electron chi connectivity index (χ4n) is 2.01. The van der Waals surface area contributed by atoms with Crippen molar-refractivity contribution in [1.82, 2.24) is 10.6 Å². The molecule has 142 valence electrons. The van der Waals surface area contributed by atoms with Crippen molar-refractivity contribution in [1.29, 1.82) is 0 Å². The van der Waals surface area contributed by atoms with Crippen LogP contribution in [0.15, 0.2) is 30.3 Å². The van der Waals surface area contributed by atoms with Crippen LogP contribution in [0.5, 0.6) is 0 Å². The fraction of sp³-hybridized carbons (Fsp3) is 0.632. The topological polar surface area (TPSA) is 68.8 Å². The van der Waals surface area contributed by atoms with Gasteiger partial charge in [-0.15, -0.1) is 0 Å². The number of nitrogens with one attached hydrogen (secondary N) is 2. The molecular weight excluding hydrogens is 320 g/mol. The van der Waals surface area contributed by atoms with Gasteiger partial charge in [0.1, 0.15) is 5.60 Å². The highest BCUT2D eigenvalue weighted by atomic mass is 16.6. The highest BCUT2D eigenvalue weighted by Gasteiger charge is 2.15. The molecule has 1 aromatic carbocycles. The van der Waals surface area contributed by atoms with Crippen molar-refractivity contribution >= 4 is 6.09 Å². The van der Waals surface area contributed by atoms with Gasteiger partial charge in [0, 0.05) is 13.1 Å². The minimum atomic E-state index is -0.478. The van der Waals surface area contributed by atoms with Gasteiger partial charge < -0.3 is 24.8 Å². The first-order valence-electron chi connectivity index (χ1n) is 8.84. The Morgan fingerprint density at radius 1 is 0.920 bits per heavy atom. The minimum Gasteiger partial charge on any atom is -0.444 e. The highest BCUT2D eigenvalue weighted by molar-refractivity contribution is 5.67. The second-order valence-corrected chi connectivity index (χ2v) is 6.64.